The molecule has 0 spiro atoms. The Hall–Kier alpha value is -2.34. The summed E-state index contributed by atoms with van der Waals surface area (Å²) >= 11 is 1.51. The van der Waals surface area contributed by atoms with E-state index in [1.165, 1.54) is 29.1 Å². The molecule has 3 N–H and O–H groups in total. The van der Waals surface area contributed by atoms with Gasteiger partial charge in [-0.1, -0.05) is 25.0 Å². The summed E-state index contributed by atoms with van der Waals surface area (Å²) in [5, 5.41) is 3.51. The van der Waals surface area contributed by atoms with Crippen molar-refractivity contribution >= 4 is 28.2 Å². The Morgan fingerprint density at radius 1 is 1.12 bits per heavy atom. The number of carbonyl (C=O) groups is 2. The SMILES string of the molecule is COc1ccc(CC(=O)Nc2sc3c(c2C(N)=O)CCCCCC3)cc1. The monoisotopic (exact) mass is 372 g/mol. The number of nitrogens with one attached hydrogen (secondary N) is 1. The van der Waals surface area contributed by atoms with Gasteiger partial charge in [0, 0.05) is 4.88 Å². The van der Waals surface area contributed by atoms with Crippen LogP contribution >= 0.6 is 11.3 Å². The maximum atomic E-state index is 12.5. The molecule has 26 heavy (non-hydrogen) atoms. The Morgan fingerprint density at radius 3 is 2.46 bits per heavy atom. The van der Waals surface area contributed by atoms with Gasteiger partial charge >= 0.3 is 0 Å². The van der Waals surface area contributed by atoms with Crippen LogP contribution in [0.2, 0.25) is 0 Å². The summed E-state index contributed by atoms with van der Waals surface area (Å²) in [5.74, 6) is 0.151. The number of anilines is 1. The summed E-state index contributed by atoms with van der Waals surface area (Å²) in [4.78, 5) is 25.7. The predicted octanol–water partition coefficient (Wildman–Crippen LogP) is 3.70. The number of rotatable bonds is 5. The minimum absolute atomic E-state index is 0.146. The Kier molecular flexibility index (Phi) is 5.93. The van der Waals surface area contributed by atoms with Gasteiger partial charge in [0.1, 0.15) is 10.8 Å². The molecule has 2 aromatic rings. The summed E-state index contributed by atoms with van der Waals surface area (Å²) in [6.07, 6.45) is 6.61. The van der Waals surface area contributed by atoms with Crippen molar-refractivity contribution in [2.45, 2.75) is 44.9 Å². The molecular formula is C20H24N2O3S. The van der Waals surface area contributed by atoms with Crippen LogP contribution in [0, 0.1) is 0 Å². The van der Waals surface area contributed by atoms with E-state index in [2.05, 4.69) is 5.32 Å². The molecule has 0 saturated heterocycles. The van der Waals surface area contributed by atoms with Crippen LogP contribution in [0.3, 0.4) is 0 Å². The first-order chi connectivity index (χ1) is 12.6. The zero-order valence-electron chi connectivity index (χ0n) is 15.0. The Bertz CT molecular complexity index is 796. The van der Waals surface area contributed by atoms with Crippen molar-refractivity contribution in [3.63, 3.8) is 0 Å². The van der Waals surface area contributed by atoms with Crippen molar-refractivity contribution in [1.82, 2.24) is 0 Å². The number of carbonyl (C=O) groups excluding carboxylic acids is 2. The fourth-order valence-electron chi connectivity index (χ4n) is 3.37. The molecule has 1 heterocycles. The van der Waals surface area contributed by atoms with Gasteiger partial charge in [0.2, 0.25) is 5.91 Å². The van der Waals surface area contributed by atoms with Gasteiger partial charge in [0.25, 0.3) is 5.91 Å². The van der Waals surface area contributed by atoms with E-state index in [1.54, 1.807) is 7.11 Å². The average Bonchev–Trinajstić information content (AvgIpc) is 2.92. The van der Waals surface area contributed by atoms with E-state index < -0.39 is 5.91 Å². The number of aryl methyl sites for hydroxylation is 1. The summed E-state index contributed by atoms with van der Waals surface area (Å²) in [7, 11) is 1.61. The zero-order chi connectivity index (χ0) is 18.5. The molecule has 0 aliphatic heterocycles. The molecule has 0 radical (unpaired) electrons. The number of primary amides is 1. The molecule has 5 nitrogen and oxygen atoms in total. The molecule has 6 heteroatoms. The van der Waals surface area contributed by atoms with Gasteiger partial charge in [-0.25, -0.2) is 0 Å². The molecule has 1 aliphatic rings. The summed E-state index contributed by atoms with van der Waals surface area (Å²) in [6, 6.07) is 7.38. The fourth-order valence-corrected chi connectivity index (χ4v) is 4.68. The second-order valence-electron chi connectivity index (χ2n) is 6.56. The average molecular weight is 372 g/mol. The van der Waals surface area contributed by atoms with Gasteiger partial charge in [-0.3, -0.25) is 9.59 Å². The first kappa shape index (κ1) is 18.5. The van der Waals surface area contributed by atoms with E-state index in [9.17, 15) is 9.59 Å². The predicted molar refractivity (Wildman–Crippen MR) is 104 cm³/mol. The third-order valence-electron chi connectivity index (χ3n) is 4.69. The second kappa shape index (κ2) is 8.36. The Balaban J connectivity index is 1.78. The number of methoxy groups -OCH3 is 1. The highest BCUT2D eigenvalue weighted by Crippen LogP contribution is 2.36. The van der Waals surface area contributed by atoms with Crippen molar-refractivity contribution in [3.05, 3.63) is 45.8 Å². The first-order valence-corrected chi connectivity index (χ1v) is 9.77. The lowest BCUT2D eigenvalue weighted by Gasteiger charge is -2.10. The molecule has 0 bridgehead atoms. The van der Waals surface area contributed by atoms with Crippen LogP contribution in [0.1, 0.15) is 52.0 Å². The fraction of sp³-hybridized carbons (Fsp3) is 0.400. The van der Waals surface area contributed by atoms with Crippen LogP contribution in [-0.4, -0.2) is 18.9 Å². The summed E-state index contributed by atoms with van der Waals surface area (Å²) < 4.78 is 5.13. The summed E-state index contributed by atoms with van der Waals surface area (Å²) in [5.41, 5.74) is 8.08. The largest absolute Gasteiger partial charge is 0.497 e. The van der Waals surface area contributed by atoms with Crippen LogP contribution in [0.25, 0.3) is 0 Å². The third kappa shape index (κ3) is 4.25. The van der Waals surface area contributed by atoms with Crippen LogP contribution in [0.5, 0.6) is 5.75 Å². The standard InChI is InChI=1S/C20H24N2O3S/c1-25-14-10-8-13(9-11-14)12-17(23)22-20-18(19(21)24)15-6-4-2-3-5-7-16(15)26-20/h8-11H,2-7,12H2,1H3,(H2,21,24)(H,22,23). The number of hydrogen-bond donors (Lipinski definition) is 2. The zero-order valence-corrected chi connectivity index (χ0v) is 15.8. The third-order valence-corrected chi connectivity index (χ3v) is 5.90. The van der Waals surface area contributed by atoms with Crippen LogP contribution in [-0.2, 0) is 24.1 Å². The first-order valence-electron chi connectivity index (χ1n) is 8.95. The molecule has 138 valence electrons. The molecule has 1 aliphatic carbocycles. The highest BCUT2D eigenvalue weighted by atomic mass is 32.1. The van der Waals surface area contributed by atoms with Gasteiger partial charge in [-0.05, 0) is 48.9 Å². The van der Waals surface area contributed by atoms with E-state index in [0.29, 0.717) is 10.6 Å². The lowest BCUT2D eigenvalue weighted by atomic mass is 9.96. The maximum Gasteiger partial charge on any atom is 0.251 e. The number of fused-ring (bicyclic) bond motifs is 1. The van der Waals surface area contributed by atoms with Crippen molar-refractivity contribution in [1.29, 1.82) is 0 Å². The number of benzene rings is 1. The normalized spacial score (nSPS) is 14.0. The van der Waals surface area contributed by atoms with Crippen LogP contribution in [0.4, 0.5) is 5.00 Å². The molecule has 2 amide bonds. The Labute approximate surface area is 157 Å². The van der Waals surface area contributed by atoms with E-state index >= 15 is 0 Å². The van der Waals surface area contributed by atoms with E-state index in [-0.39, 0.29) is 12.3 Å². The van der Waals surface area contributed by atoms with Gasteiger partial charge in [0.15, 0.2) is 0 Å². The lowest BCUT2D eigenvalue weighted by molar-refractivity contribution is -0.115. The Morgan fingerprint density at radius 2 is 1.81 bits per heavy atom. The van der Waals surface area contributed by atoms with E-state index in [4.69, 9.17) is 10.5 Å². The molecule has 0 unspecified atom stereocenters. The molecule has 0 atom stereocenters. The topological polar surface area (TPSA) is 81.4 Å². The highest BCUT2D eigenvalue weighted by molar-refractivity contribution is 7.17. The van der Waals surface area contributed by atoms with Crippen molar-refractivity contribution in [3.8, 4) is 5.75 Å². The highest BCUT2D eigenvalue weighted by Gasteiger charge is 2.23. The second-order valence-corrected chi connectivity index (χ2v) is 7.66. The lowest BCUT2D eigenvalue weighted by Crippen LogP contribution is -2.19. The van der Waals surface area contributed by atoms with E-state index in [1.807, 2.05) is 24.3 Å². The van der Waals surface area contributed by atoms with Gasteiger partial charge in [0.05, 0.1) is 19.1 Å². The number of amides is 2. The molecule has 0 saturated carbocycles. The summed E-state index contributed by atoms with van der Waals surface area (Å²) in [6.45, 7) is 0. The smallest absolute Gasteiger partial charge is 0.251 e. The van der Waals surface area contributed by atoms with Crippen LogP contribution < -0.4 is 15.8 Å². The van der Waals surface area contributed by atoms with Gasteiger partial charge in [-0.15, -0.1) is 11.3 Å². The number of nitrogens with two attached hydrogens (primary N) is 1. The number of thiophene rings is 1. The van der Waals surface area contributed by atoms with Crippen molar-refractivity contribution in [2.24, 2.45) is 5.73 Å². The number of hydrogen-bond acceptors (Lipinski definition) is 4. The molecule has 0 fully saturated rings. The molecule has 1 aromatic heterocycles. The van der Waals surface area contributed by atoms with Gasteiger partial charge in [-0.2, -0.15) is 0 Å². The van der Waals surface area contributed by atoms with Crippen molar-refractivity contribution < 1.29 is 14.3 Å². The maximum absolute atomic E-state index is 12.5. The molecular weight excluding hydrogens is 348 g/mol. The number of ether oxygens (including phenoxy) is 1. The minimum Gasteiger partial charge on any atom is -0.497 e. The molecule has 1 aromatic carbocycles. The van der Waals surface area contributed by atoms with E-state index in [0.717, 1.165) is 42.6 Å². The van der Waals surface area contributed by atoms with Crippen molar-refractivity contribution in [2.75, 3.05) is 12.4 Å². The quantitative estimate of drug-likeness (QED) is 0.840. The molecule has 3 rings (SSSR count). The van der Waals surface area contributed by atoms with Gasteiger partial charge < -0.3 is 15.8 Å². The van der Waals surface area contributed by atoms with Crippen LogP contribution in [0.15, 0.2) is 24.3 Å². The minimum atomic E-state index is -0.456.